The molecule has 5 N–H and O–H groups in total. The maximum absolute atomic E-state index is 12.6. The van der Waals surface area contributed by atoms with Crippen molar-refractivity contribution in [3.63, 3.8) is 0 Å². The van der Waals surface area contributed by atoms with Crippen LogP contribution in [0.3, 0.4) is 0 Å². The molecule has 0 aromatic rings. The Morgan fingerprint density at radius 3 is 2.37 bits per heavy atom. The molecular formula is C17H30N4O5S. The van der Waals surface area contributed by atoms with Crippen molar-refractivity contribution in [2.45, 2.75) is 64.2 Å². The summed E-state index contributed by atoms with van der Waals surface area (Å²) in [5, 5.41) is 14.3. The number of carboxylic acids is 1. The Morgan fingerprint density at radius 2 is 1.89 bits per heavy atom. The molecule has 0 saturated carbocycles. The van der Waals surface area contributed by atoms with E-state index in [0.29, 0.717) is 25.8 Å². The summed E-state index contributed by atoms with van der Waals surface area (Å²) in [4.78, 5) is 50.0. The van der Waals surface area contributed by atoms with Gasteiger partial charge in [-0.15, -0.1) is 0 Å². The fraction of sp³-hybridized carbons (Fsp3) is 0.765. The number of likely N-dealkylation sites (tertiary alicyclic amines) is 1. The van der Waals surface area contributed by atoms with Crippen LogP contribution in [-0.4, -0.2) is 70.2 Å². The van der Waals surface area contributed by atoms with Crippen molar-refractivity contribution in [1.82, 2.24) is 15.5 Å². The second-order valence-electron chi connectivity index (χ2n) is 6.93. The summed E-state index contributed by atoms with van der Waals surface area (Å²) in [5.74, 6) is -2.80. The maximum Gasteiger partial charge on any atom is 0.326 e. The normalized spacial score (nSPS) is 21.1. The van der Waals surface area contributed by atoms with Gasteiger partial charge < -0.3 is 26.4 Å². The molecule has 0 bridgehead atoms. The average Bonchev–Trinajstić information content (AvgIpc) is 3.11. The van der Waals surface area contributed by atoms with E-state index in [4.69, 9.17) is 5.73 Å². The highest BCUT2D eigenvalue weighted by atomic mass is 32.1. The average molecular weight is 403 g/mol. The number of carbonyl (C=O) groups excluding carboxylic acids is 3. The Morgan fingerprint density at radius 1 is 1.26 bits per heavy atom. The summed E-state index contributed by atoms with van der Waals surface area (Å²) in [6, 6.07) is -3.46. The summed E-state index contributed by atoms with van der Waals surface area (Å²) in [7, 11) is 0. The van der Waals surface area contributed by atoms with Crippen LogP contribution in [0.5, 0.6) is 0 Å². The Balaban J connectivity index is 2.78. The first-order valence-electron chi connectivity index (χ1n) is 9.14. The van der Waals surface area contributed by atoms with Crippen LogP contribution in [0.4, 0.5) is 0 Å². The zero-order valence-corrected chi connectivity index (χ0v) is 16.9. The number of nitrogens with one attached hydrogen (secondary N) is 2. The molecule has 1 saturated heterocycles. The van der Waals surface area contributed by atoms with Gasteiger partial charge in [-0.1, -0.05) is 20.3 Å². The third kappa shape index (κ3) is 6.10. The zero-order chi connectivity index (χ0) is 20.7. The van der Waals surface area contributed by atoms with E-state index in [-0.39, 0.29) is 17.6 Å². The first-order chi connectivity index (χ1) is 12.6. The van der Waals surface area contributed by atoms with E-state index in [0.717, 1.165) is 0 Å². The molecule has 0 aromatic carbocycles. The molecule has 1 heterocycles. The molecule has 1 fully saturated rings. The first-order valence-corrected chi connectivity index (χ1v) is 9.77. The minimum Gasteiger partial charge on any atom is -0.480 e. The Hall–Kier alpha value is -1.81. The molecular weight excluding hydrogens is 372 g/mol. The van der Waals surface area contributed by atoms with Crippen molar-refractivity contribution < 1.29 is 24.3 Å². The topological polar surface area (TPSA) is 142 Å². The van der Waals surface area contributed by atoms with E-state index in [9.17, 15) is 24.3 Å². The van der Waals surface area contributed by atoms with Crippen molar-refractivity contribution in [2.24, 2.45) is 11.7 Å². The van der Waals surface area contributed by atoms with E-state index in [2.05, 4.69) is 23.3 Å². The summed E-state index contributed by atoms with van der Waals surface area (Å²) in [6.45, 7) is 5.55. The largest absolute Gasteiger partial charge is 0.480 e. The van der Waals surface area contributed by atoms with Crippen LogP contribution >= 0.6 is 12.6 Å². The Bertz CT molecular complexity index is 572. The van der Waals surface area contributed by atoms with Gasteiger partial charge in [-0.3, -0.25) is 14.4 Å². The standard InChI is InChI=1S/C17H30N4O5S/c1-4-9(2)13(17(25)26)20-14(22)11(8-27)19-15(23)12-6-5-7-21(12)16(24)10(3)18/h9-13,27H,4-8,18H2,1-3H3,(H,19,23)(H,20,22)(H,25,26). The molecule has 9 nitrogen and oxygen atoms in total. The second kappa shape index (κ2) is 10.5. The van der Waals surface area contributed by atoms with Crippen molar-refractivity contribution in [3.8, 4) is 0 Å². The van der Waals surface area contributed by atoms with Gasteiger partial charge in [0.15, 0.2) is 0 Å². The number of carbonyl (C=O) groups is 4. The quantitative estimate of drug-likeness (QED) is 0.325. The number of aliphatic carboxylic acids is 1. The maximum atomic E-state index is 12.6. The minimum atomic E-state index is -1.13. The van der Waals surface area contributed by atoms with Gasteiger partial charge in [0.25, 0.3) is 0 Å². The van der Waals surface area contributed by atoms with Crippen LogP contribution in [-0.2, 0) is 19.2 Å². The van der Waals surface area contributed by atoms with Crippen molar-refractivity contribution in [2.75, 3.05) is 12.3 Å². The van der Waals surface area contributed by atoms with Gasteiger partial charge in [-0.05, 0) is 25.7 Å². The number of amides is 3. The predicted octanol–water partition coefficient (Wildman–Crippen LogP) is -0.645. The van der Waals surface area contributed by atoms with Gasteiger partial charge in [0.1, 0.15) is 18.1 Å². The first kappa shape index (κ1) is 23.2. The van der Waals surface area contributed by atoms with Crippen molar-refractivity contribution in [3.05, 3.63) is 0 Å². The van der Waals surface area contributed by atoms with Crippen LogP contribution in [0.25, 0.3) is 0 Å². The number of nitrogens with two attached hydrogens (primary N) is 1. The molecule has 10 heteroatoms. The molecule has 0 spiro atoms. The highest BCUT2D eigenvalue weighted by molar-refractivity contribution is 7.80. The van der Waals surface area contributed by atoms with Gasteiger partial charge in [-0.2, -0.15) is 12.6 Å². The van der Waals surface area contributed by atoms with E-state index in [1.807, 2.05) is 6.92 Å². The third-order valence-electron chi connectivity index (χ3n) is 4.82. The Kier molecular flexibility index (Phi) is 9.04. The molecule has 0 aliphatic carbocycles. The number of rotatable bonds is 9. The van der Waals surface area contributed by atoms with Crippen LogP contribution in [0.15, 0.2) is 0 Å². The molecule has 27 heavy (non-hydrogen) atoms. The predicted molar refractivity (Wildman–Crippen MR) is 103 cm³/mol. The second-order valence-corrected chi connectivity index (χ2v) is 7.30. The molecule has 0 aromatic heterocycles. The SMILES string of the molecule is CCC(C)C(NC(=O)C(CS)NC(=O)C1CCCN1C(=O)C(C)N)C(=O)O. The highest BCUT2D eigenvalue weighted by Gasteiger charge is 2.37. The van der Waals surface area contributed by atoms with Crippen LogP contribution in [0.1, 0.15) is 40.0 Å². The summed E-state index contributed by atoms with van der Waals surface area (Å²) in [5.41, 5.74) is 5.62. The van der Waals surface area contributed by atoms with Crippen LogP contribution in [0, 0.1) is 5.92 Å². The van der Waals surface area contributed by atoms with Gasteiger partial charge in [0, 0.05) is 12.3 Å². The van der Waals surface area contributed by atoms with Crippen LogP contribution in [0.2, 0.25) is 0 Å². The zero-order valence-electron chi connectivity index (χ0n) is 16.0. The smallest absolute Gasteiger partial charge is 0.326 e. The summed E-state index contributed by atoms with van der Waals surface area (Å²) < 4.78 is 0. The fourth-order valence-electron chi connectivity index (χ4n) is 2.96. The minimum absolute atomic E-state index is 0.00161. The lowest BCUT2D eigenvalue weighted by Crippen LogP contribution is -2.57. The van der Waals surface area contributed by atoms with Gasteiger partial charge in [0.2, 0.25) is 17.7 Å². The lowest BCUT2D eigenvalue weighted by molar-refractivity contribution is -0.144. The lowest BCUT2D eigenvalue weighted by Gasteiger charge is -2.28. The van der Waals surface area contributed by atoms with E-state index in [1.54, 1.807) is 13.8 Å². The number of nitrogens with zero attached hydrogens (tertiary/aromatic N) is 1. The fourth-order valence-corrected chi connectivity index (χ4v) is 3.22. The number of thiol groups is 1. The van der Waals surface area contributed by atoms with Crippen molar-refractivity contribution >= 4 is 36.3 Å². The van der Waals surface area contributed by atoms with E-state index >= 15 is 0 Å². The molecule has 5 atom stereocenters. The van der Waals surface area contributed by atoms with Gasteiger partial charge >= 0.3 is 5.97 Å². The molecule has 1 aliphatic rings. The molecule has 3 amide bonds. The van der Waals surface area contributed by atoms with Gasteiger partial charge in [0.05, 0.1) is 6.04 Å². The molecule has 5 unspecified atom stereocenters. The molecule has 1 aliphatic heterocycles. The van der Waals surface area contributed by atoms with Crippen molar-refractivity contribution in [1.29, 1.82) is 0 Å². The summed E-state index contributed by atoms with van der Waals surface area (Å²) >= 11 is 4.09. The van der Waals surface area contributed by atoms with E-state index < -0.39 is 42.0 Å². The molecule has 1 rings (SSSR count). The van der Waals surface area contributed by atoms with E-state index in [1.165, 1.54) is 4.90 Å². The third-order valence-corrected chi connectivity index (χ3v) is 5.19. The molecule has 154 valence electrons. The molecule has 0 radical (unpaired) electrons. The lowest BCUT2D eigenvalue weighted by atomic mass is 9.99. The number of carboxylic acid groups (broad SMARTS) is 1. The van der Waals surface area contributed by atoms with Crippen LogP contribution < -0.4 is 16.4 Å². The number of hydrogen-bond acceptors (Lipinski definition) is 6. The number of hydrogen-bond donors (Lipinski definition) is 5. The monoisotopic (exact) mass is 402 g/mol. The summed E-state index contributed by atoms with van der Waals surface area (Å²) in [6.07, 6.45) is 1.73. The Labute approximate surface area is 164 Å². The highest BCUT2D eigenvalue weighted by Crippen LogP contribution is 2.18. The van der Waals surface area contributed by atoms with Gasteiger partial charge in [-0.25, -0.2) is 4.79 Å².